The van der Waals surface area contributed by atoms with E-state index < -0.39 is 4.92 Å². The van der Waals surface area contributed by atoms with E-state index in [9.17, 15) is 10.1 Å². The van der Waals surface area contributed by atoms with Gasteiger partial charge in [-0.3, -0.25) is 10.1 Å². The van der Waals surface area contributed by atoms with E-state index in [4.69, 9.17) is 0 Å². The summed E-state index contributed by atoms with van der Waals surface area (Å²) in [6.07, 6.45) is 0. The fraction of sp³-hybridized carbons (Fsp3) is 0.235. The molecule has 2 aromatic heterocycles. The normalized spacial score (nSPS) is 10.8. The zero-order valence-corrected chi connectivity index (χ0v) is 13.7. The second-order valence-corrected chi connectivity index (χ2v) is 5.63. The molecule has 0 amide bonds. The van der Waals surface area contributed by atoms with Gasteiger partial charge in [0.15, 0.2) is 0 Å². The number of fused-ring (bicyclic) bond motifs is 1. The summed E-state index contributed by atoms with van der Waals surface area (Å²) in [7, 11) is 1.86. The van der Waals surface area contributed by atoms with Crippen LogP contribution >= 0.6 is 0 Å². The first-order valence-corrected chi connectivity index (χ1v) is 7.51. The number of nitro groups is 1. The quantitative estimate of drug-likeness (QED) is 0.541. The van der Waals surface area contributed by atoms with Gasteiger partial charge in [-0.05, 0) is 26.0 Å². The third-order valence-electron chi connectivity index (χ3n) is 3.85. The Morgan fingerprint density at radius 3 is 2.50 bits per heavy atom. The number of pyridine rings is 1. The second-order valence-electron chi connectivity index (χ2n) is 5.63. The van der Waals surface area contributed by atoms with Crippen LogP contribution in [-0.4, -0.2) is 26.9 Å². The van der Waals surface area contributed by atoms with Crippen molar-refractivity contribution in [1.29, 1.82) is 0 Å². The molecule has 3 rings (SSSR count). The fourth-order valence-electron chi connectivity index (χ4n) is 2.60. The molecule has 2 heterocycles. The van der Waals surface area contributed by atoms with Crippen molar-refractivity contribution in [3.05, 3.63) is 63.7 Å². The summed E-state index contributed by atoms with van der Waals surface area (Å²) in [5, 5.41) is 11.9. The van der Waals surface area contributed by atoms with Crippen molar-refractivity contribution in [2.75, 3.05) is 11.9 Å². The average Bonchev–Trinajstić information content (AvgIpc) is 2.54. The van der Waals surface area contributed by atoms with Crippen LogP contribution in [0, 0.1) is 24.0 Å². The minimum atomic E-state index is -0.429. The molecule has 7 nitrogen and oxygen atoms in total. The van der Waals surface area contributed by atoms with Gasteiger partial charge in [-0.1, -0.05) is 18.2 Å². The fourth-order valence-corrected chi connectivity index (χ4v) is 2.60. The van der Waals surface area contributed by atoms with Crippen molar-refractivity contribution in [2.45, 2.75) is 20.4 Å². The molecular weight excluding hydrogens is 306 g/mol. The van der Waals surface area contributed by atoms with Gasteiger partial charge < -0.3 is 4.90 Å². The topological polar surface area (TPSA) is 85.0 Å². The van der Waals surface area contributed by atoms with Crippen LogP contribution in [0.4, 0.5) is 11.5 Å². The molecule has 122 valence electrons. The highest BCUT2D eigenvalue weighted by atomic mass is 16.6. The monoisotopic (exact) mass is 323 g/mol. The smallest absolute Gasteiger partial charge is 0.290 e. The average molecular weight is 323 g/mol. The van der Waals surface area contributed by atoms with Crippen LogP contribution in [0.2, 0.25) is 0 Å². The molecule has 0 bridgehead atoms. The van der Waals surface area contributed by atoms with Gasteiger partial charge in [-0.2, -0.15) is 0 Å². The molecule has 1 aromatic carbocycles. The molecular formula is C17H17N5O2. The number of aromatic nitrogens is 3. The highest BCUT2D eigenvalue weighted by Crippen LogP contribution is 2.21. The predicted octanol–water partition coefficient (Wildman–Crippen LogP) is 3.19. The number of hydrogen-bond acceptors (Lipinski definition) is 6. The molecule has 24 heavy (non-hydrogen) atoms. The lowest BCUT2D eigenvalue weighted by molar-refractivity contribution is -0.385. The molecule has 0 unspecified atom stereocenters. The molecule has 7 heteroatoms. The minimum Gasteiger partial charge on any atom is -0.352 e. The Morgan fingerprint density at radius 2 is 1.79 bits per heavy atom. The van der Waals surface area contributed by atoms with Crippen LogP contribution in [0.25, 0.3) is 10.9 Å². The van der Waals surface area contributed by atoms with E-state index in [0.717, 1.165) is 16.6 Å². The SMILES string of the molecule is Cc1nc(N(C)Cc2nc(C)c3ccccc3n2)ccc1[N+](=O)[O-]. The number of nitrogens with zero attached hydrogens (tertiary/aromatic N) is 5. The van der Waals surface area contributed by atoms with E-state index in [0.29, 0.717) is 23.9 Å². The first-order valence-electron chi connectivity index (χ1n) is 7.51. The summed E-state index contributed by atoms with van der Waals surface area (Å²) >= 11 is 0. The van der Waals surface area contributed by atoms with E-state index in [1.807, 2.05) is 43.1 Å². The predicted molar refractivity (Wildman–Crippen MR) is 92.0 cm³/mol. The molecule has 0 atom stereocenters. The highest BCUT2D eigenvalue weighted by Gasteiger charge is 2.14. The van der Waals surface area contributed by atoms with Crippen LogP contribution in [-0.2, 0) is 6.54 Å². The summed E-state index contributed by atoms with van der Waals surface area (Å²) in [5.74, 6) is 1.33. The van der Waals surface area contributed by atoms with Crippen LogP contribution in [0.1, 0.15) is 17.2 Å². The van der Waals surface area contributed by atoms with E-state index in [1.165, 1.54) is 6.07 Å². The second kappa shape index (κ2) is 6.19. The van der Waals surface area contributed by atoms with E-state index >= 15 is 0 Å². The van der Waals surface area contributed by atoms with Gasteiger partial charge in [0.25, 0.3) is 5.69 Å². The molecule has 0 saturated heterocycles. The molecule has 0 aliphatic carbocycles. The lowest BCUT2D eigenvalue weighted by Gasteiger charge is -2.18. The van der Waals surface area contributed by atoms with Gasteiger partial charge in [0, 0.05) is 24.2 Å². The maximum Gasteiger partial charge on any atom is 0.290 e. The maximum atomic E-state index is 10.9. The lowest BCUT2D eigenvalue weighted by atomic mass is 10.2. The van der Waals surface area contributed by atoms with E-state index in [2.05, 4.69) is 15.0 Å². The summed E-state index contributed by atoms with van der Waals surface area (Å²) in [4.78, 5) is 25.8. The highest BCUT2D eigenvalue weighted by molar-refractivity contribution is 5.80. The number of anilines is 1. The van der Waals surface area contributed by atoms with E-state index in [1.54, 1.807) is 13.0 Å². The number of hydrogen-bond donors (Lipinski definition) is 0. The number of rotatable bonds is 4. The molecule has 0 fully saturated rings. The summed E-state index contributed by atoms with van der Waals surface area (Å²) < 4.78 is 0. The molecule has 0 radical (unpaired) electrons. The lowest BCUT2D eigenvalue weighted by Crippen LogP contribution is -2.20. The van der Waals surface area contributed by atoms with Crippen LogP contribution in [0.3, 0.4) is 0 Å². The number of aryl methyl sites for hydroxylation is 2. The third-order valence-corrected chi connectivity index (χ3v) is 3.85. The van der Waals surface area contributed by atoms with Gasteiger partial charge in [0.1, 0.15) is 17.3 Å². The Kier molecular flexibility index (Phi) is 4.07. The molecule has 0 aliphatic heterocycles. The van der Waals surface area contributed by atoms with Crippen molar-refractivity contribution in [2.24, 2.45) is 0 Å². The Labute approximate surface area is 139 Å². The first kappa shape index (κ1) is 15.8. The standard InChI is InChI=1S/C17H17N5O2/c1-11-13-6-4-5-7-14(13)20-16(18-11)10-21(3)17-9-8-15(22(23)24)12(2)19-17/h4-9H,10H2,1-3H3. The van der Waals surface area contributed by atoms with Gasteiger partial charge in [0.05, 0.1) is 17.0 Å². The third kappa shape index (κ3) is 3.01. The van der Waals surface area contributed by atoms with Crippen LogP contribution in [0.5, 0.6) is 0 Å². The van der Waals surface area contributed by atoms with Gasteiger partial charge >= 0.3 is 0 Å². The number of para-hydroxylation sites is 1. The Bertz CT molecular complexity index is 926. The zero-order chi connectivity index (χ0) is 17.3. The minimum absolute atomic E-state index is 0.0185. The van der Waals surface area contributed by atoms with Crippen molar-refractivity contribution in [3.63, 3.8) is 0 Å². The van der Waals surface area contributed by atoms with E-state index in [-0.39, 0.29) is 5.69 Å². The molecule has 0 spiro atoms. The van der Waals surface area contributed by atoms with Crippen LogP contribution in [0.15, 0.2) is 36.4 Å². The molecule has 3 aromatic rings. The van der Waals surface area contributed by atoms with Gasteiger partial charge in [0.2, 0.25) is 0 Å². The first-order chi connectivity index (χ1) is 11.5. The van der Waals surface area contributed by atoms with Crippen molar-refractivity contribution in [3.8, 4) is 0 Å². The zero-order valence-electron chi connectivity index (χ0n) is 13.7. The molecule has 0 aliphatic rings. The number of benzene rings is 1. The van der Waals surface area contributed by atoms with Crippen LogP contribution < -0.4 is 4.90 Å². The maximum absolute atomic E-state index is 10.9. The Hall–Kier alpha value is -3.09. The Morgan fingerprint density at radius 1 is 1.04 bits per heavy atom. The molecule has 0 saturated carbocycles. The summed E-state index contributed by atoms with van der Waals surface area (Å²) in [6, 6.07) is 11.0. The summed E-state index contributed by atoms with van der Waals surface area (Å²) in [6.45, 7) is 4.06. The Balaban J connectivity index is 1.88. The summed E-state index contributed by atoms with van der Waals surface area (Å²) in [5.41, 5.74) is 2.24. The van der Waals surface area contributed by atoms with Crippen molar-refractivity contribution >= 4 is 22.4 Å². The van der Waals surface area contributed by atoms with Gasteiger partial charge in [-0.25, -0.2) is 15.0 Å². The van der Waals surface area contributed by atoms with Crippen molar-refractivity contribution in [1.82, 2.24) is 15.0 Å². The van der Waals surface area contributed by atoms with Gasteiger partial charge in [-0.15, -0.1) is 0 Å². The largest absolute Gasteiger partial charge is 0.352 e. The molecule has 0 N–H and O–H groups in total. The van der Waals surface area contributed by atoms with Crippen molar-refractivity contribution < 1.29 is 4.92 Å².